The van der Waals surface area contributed by atoms with Gasteiger partial charge in [0.1, 0.15) is 11.6 Å². The van der Waals surface area contributed by atoms with E-state index in [0.717, 1.165) is 34.5 Å². The number of carboxylic acid groups (broad SMARTS) is 1. The van der Waals surface area contributed by atoms with E-state index < -0.39 is 39.7 Å². The molecule has 0 aliphatic carbocycles. The maximum Gasteiger partial charge on any atom is 0.290 e. The largest absolute Gasteiger partial charge is 0.483 e. The van der Waals surface area contributed by atoms with E-state index in [4.69, 9.17) is 9.90 Å². The molecule has 0 bridgehead atoms. The fourth-order valence-electron chi connectivity index (χ4n) is 3.97. The summed E-state index contributed by atoms with van der Waals surface area (Å²) in [6.07, 6.45) is -0.216. The highest BCUT2D eigenvalue weighted by atomic mass is 32.2. The molecule has 12 heteroatoms. The Morgan fingerprint density at radius 1 is 0.976 bits per heavy atom. The summed E-state index contributed by atoms with van der Waals surface area (Å²) >= 11 is 0. The molecule has 2 atom stereocenters. The summed E-state index contributed by atoms with van der Waals surface area (Å²) in [5.74, 6) is -2.08. The number of nitrogens with zero attached hydrogens (tertiary/aromatic N) is 1. The molecule has 0 heterocycles. The summed E-state index contributed by atoms with van der Waals surface area (Å²) in [4.78, 5) is 21.4. The Bertz CT molecular complexity index is 1380. The van der Waals surface area contributed by atoms with Crippen LogP contribution in [-0.2, 0) is 34.2 Å². The number of sulfonamides is 1. The molecule has 3 rings (SSSR count). The van der Waals surface area contributed by atoms with Gasteiger partial charge in [-0.3, -0.25) is 9.59 Å². The fraction of sp³-hybridized carbons (Fsp3) is 0.310. The summed E-state index contributed by atoms with van der Waals surface area (Å²) in [6, 6.07) is 15.6. The highest BCUT2D eigenvalue weighted by molar-refractivity contribution is 7.89. The van der Waals surface area contributed by atoms with Gasteiger partial charge in [0.25, 0.3) is 12.4 Å². The number of hydrogen-bond acceptors (Lipinski definition) is 6. The fourth-order valence-corrected chi connectivity index (χ4v) is 4.87. The number of aryl methyl sites for hydroxylation is 1. The van der Waals surface area contributed by atoms with Crippen molar-refractivity contribution in [2.24, 2.45) is 0 Å². The number of carbonyl (C=O) groups excluding carboxylic acids is 1. The lowest BCUT2D eigenvalue weighted by Crippen LogP contribution is -2.48. The lowest BCUT2D eigenvalue weighted by Gasteiger charge is -2.25. The molecular weight excluding hydrogens is 556 g/mol. The van der Waals surface area contributed by atoms with Crippen molar-refractivity contribution in [1.29, 1.82) is 0 Å². The maximum absolute atomic E-state index is 13.8. The Morgan fingerprint density at radius 2 is 1.56 bits per heavy atom. The first-order chi connectivity index (χ1) is 19.4. The summed E-state index contributed by atoms with van der Waals surface area (Å²) in [5.41, 5.74) is 2.68. The van der Waals surface area contributed by atoms with Gasteiger partial charge in [0.15, 0.2) is 0 Å². The normalized spacial score (nSPS) is 12.7. The second-order valence-corrected chi connectivity index (χ2v) is 11.5. The first-order valence-corrected chi connectivity index (χ1v) is 14.2. The van der Waals surface area contributed by atoms with E-state index in [0.29, 0.717) is 6.54 Å². The predicted molar refractivity (Wildman–Crippen MR) is 151 cm³/mol. The standard InChI is InChI=1S/C28H33F2N3O4S.CH2O2/c1-4-19-6-5-7-20(12-19)17-31-18-27(34)26(15-21-13-23(29)16-24(30)14-21)32-28(35)22-8-10-25(11-9-22)38(36,37)33(2)3;2-1-3/h5-14,16,26-27,31,34H,4,15,17-18H2,1-3H3,(H,32,35);1H,(H,2,3)/t26-,27+;/m0./s1. The summed E-state index contributed by atoms with van der Waals surface area (Å²) in [7, 11) is -0.843. The van der Waals surface area contributed by atoms with Crippen LogP contribution in [0.5, 0.6) is 0 Å². The first kappa shape index (κ1) is 33.5. The molecule has 0 saturated heterocycles. The number of rotatable bonds is 12. The Morgan fingerprint density at radius 3 is 2.12 bits per heavy atom. The van der Waals surface area contributed by atoms with Crippen molar-refractivity contribution in [2.75, 3.05) is 20.6 Å². The molecule has 222 valence electrons. The topological polar surface area (TPSA) is 136 Å². The Labute approximate surface area is 238 Å². The van der Waals surface area contributed by atoms with Crippen LogP contribution in [0.1, 0.15) is 34.0 Å². The van der Waals surface area contributed by atoms with Crippen LogP contribution in [0.4, 0.5) is 8.78 Å². The van der Waals surface area contributed by atoms with Crippen LogP contribution in [0, 0.1) is 11.6 Å². The van der Waals surface area contributed by atoms with Crippen LogP contribution < -0.4 is 10.6 Å². The van der Waals surface area contributed by atoms with Crippen LogP contribution in [0.25, 0.3) is 0 Å². The van der Waals surface area contributed by atoms with Crippen molar-refractivity contribution in [2.45, 2.75) is 43.4 Å². The molecular formula is C29H35F2N3O6S. The van der Waals surface area contributed by atoms with E-state index in [9.17, 15) is 27.1 Å². The molecule has 3 aromatic rings. The van der Waals surface area contributed by atoms with Gasteiger partial charge in [-0.25, -0.2) is 21.5 Å². The number of aliphatic hydroxyl groups excluding tert-OH is 1. The van der Waals surface area contributed by atoms with Gasteiger partial charge >= 0.3 is 0 Å². The molecule has 0 fully saturated rings. The number of halogens is 2. The van der Waals surface area contributed by atoms with E-state index in [1.165, 1.54) is 43.9 Å². The Hall–Kier alpha value is -3.71. The Kier molecular flexibility index (Phi) is 13.0. The summed E-state index contributed by atoms with van der Waals surface area (Å²) in [5, 5.41) is 23.7. The quantitative estimate of drug-likeness (QED) is 0.238. The minimum absolute atomic E-state index is 0.0261. The van der Waals surface area contributed by atoms with E-state index in [1.807, 2.05) is 18.2 Å². The van der Waals surface area contributed by atoms with Crippen LogP contribution in [0.3, 0.4) is 0 Å². The highest BCUT2D eigenvalue weighted by Crippen LogP contribution is 2.16. The average molecular weight is 592 g/mol. The van der Waals surface area contributed by atoms with Gasteiger partial charge in [-0.1, -0.05) is 31.2 Å². The third-order valence-corrected chi connectivity index (χ3v) is 7.97. The Balaban J connectivity index is 0.00000187. The molecule has 0 aliphatic heterocycles. The van der Waals surface area contributed by atoms with Gasteiger partial charge in [0, 0.05) is 38.8 Å². The van der Waals surface area contributed by atoms with E-state index >= 15 is 0 Å². The molecule has 0 radical (unpaired) electrons. The molecule has 41 heavy (non-hydrogen) atoms. The van der Waals surface area contributed by atoms with Crippen molar-refractivity contribution < 1.29 is 37.0 Å². The van der Waals surface area contributed by atoms with Crippen LogP contribution in [0.15, 0.2) is 71.6 Å². The summed E-state index contributed by atoms with van der Waals surface area (Å²) in [6.45, 7) is 2.41. The van der Waals surface area contributed by atoms with Crippen molar-refractivity contribution >= 4 is 22.4 Å². The molecule has 0 spiro atoms. The molecule has 4 N–H and O–H groups in total. The zero-order valence-electron chi connectivity index (χ0n) is 23.1. The number of benzene rings is 3. The second-order valence-electron chi connectivity index (χ2n) is 9.35. The predicted octanol–water partition coefficient (Wildman–Crippen LogP) is 2.97. The zero-order valence-corrected chi connectivity index (χ0v) is 23.9. The lowest BCUT2D eigenvalue weighted by atomic mass is 10.00. The van der Waals surface area contributed by atoms with Gasteiger partial charge in [0.05, 0.1) is 17.0 Å². The molecule has 0 aromatic heterocycles. The minimum Gasteiger partial charge on any atom is -0.483 e. The molecule has 0 saturated carbocycles. The molecule has 1 amide bonds. The van der Waals surface area contributed by atoms with Gasteiger partial charge < -0.3 is 20.8 Å². The minimum atomic E-state index is -3.66. The average Bonchev–Trinajstić information content (AvgIpc) is 2.92. The van der Waals surface area contributed by atoms with Gasteiger partial charge in [-0.15, -0.1) is 0 Å². The number of aliphatic hydroxyl groups is 1. The van der Waals surface area contributed by atoms with Gasteiger partial charge in [-0.2, -0.15) is 0 Å². The zero-order chi connectivity index (χ0) is 30.6. The van der Waals surface area contributed by atoms with Crippen LogP contribution in [0.2, 0.25) is 0 Å². The summed E-state index contributed by atoms with van der Waals surface area (Å²) < 4.78 is 53.3. The molecule has 9 nitrogen and oxygen atoms in total. The first-order valence-electron chi connectivity index (χ1n) is 12.7. The van der Waals surface area contributed by atoms with Crippen molar-refractivity contribution in [1.82, 2.24) is 14.9 Å². The van der Waals surface area contributed by atoms with E-state index in [2.05, 4.69) is 23.6 Å². The highest BCUT2D eigenvalue weighted by Gasteiger charge is 2.24. The van der Waals surface area contributed by atoms with E-state index in [-0.39, 0.29) is 35.5 Å². The van der Waals surface area contributed by atoms with Crippen molar-refractivity contribution in [3.05, 3.63) is 101 Å². The maximum atomic E-state index is 13.8. The SMILES string of the molecule is CCc1cccc(CNC[C@@H](O)[C@H](Cc2cc(F)cc(F)c2)NC(=O)c2ccc(S(=O)(=O)N(C)C)cc2)c1.O=CO. The number of carbonyl (C=O) groups is 2. The van der Waals surface area contributed by atoms with Crippen LogP contribution in [-0.4, -0.2) is 68.1 Å². The van der Waals surface area contributed by atoms with Gasteiger partial charge in [-0.05, 0) is 65.9 Å². The molecule has 0 unspecified atom stereocenters. The third-order valence-electron chi connectivity index (χ3n) is 6.14. The van der Waals surface area contributed by atoms with Gasteiger partial charge in [0.2, 0.25) is 10.0 Å². The molecule has 0 aliphatic rings. The van der Waals surface area contributed by atoms with Crippen molar-refractivity contribution in [3.63, 3.8) is 0 Å². The van der Waals surface area contributed by atoms with Crippen molar-refractivity contribution in [3.8, 4) is 0 Å². The molecule has 3 aromatic carbocycles. The van der Waals surface area contributed by atoms with E-state index in [1.54, 1.807) is 0 Å². The van der Waals surface area contributed by atoms with Crippen LogP contribution >= 0.6 is 0 Å². The monoisotopic (exact) mass is 591 g/mol. The second kappa shape index (κ2) is 15.9. The number of amides is 1. The lowest BCUT2D eigenvalue weighted by molar-refractivity contribution is -0.122. The number of nitrogens with one attached hydrogen (secondary N) is 2. The smallest absolute Gasteiger partial charge is 0.290 e. The number of hydrogen-bond donors (Lipinski definition) is 4. The third kappa shape index (κ3) is 10.3.